The topological polar surface area (TPSA) is 17.8 Å². The Hall–Kier alpha value is -0.290. The van der Waals surface area contributed by atoms with Crippen LogP contribution in [0, 0.1) is 3.57 Å². The highest BCUT2D eigenvalue weighted by molar-refractivity contribution is 14.1. The second-order valence-corrected chi connectivity index (χ2v) is 7.13. The molecular weight excluding hydrogens is 347 g/mol. The average Bonchev–Trinajstić information content (AvgIpc) is 2.55. The predicted molar refractivity (Wildman–Crippen MR) is 81.7 cm³/mol. The highest BCUT2D eigenvalue weighted by atomic mass is 127. The summed E-state index contributed by atoms with van der Waals surface area (Å²) in [6.45, 7) is 8.49. The number of nitrogens with zero attached hydrogens (tertiary/aromatic N) is 2. The van der Waals surface area contributed by atoms with Gasteiger partial charge in [0.05, 0.1) is 16.4 Å². The van der Waals surface area contributed by atoms with Crippen LogP contribution in [0.1, 0.15) is 38.9 Å². The zero-order chi connectivity index (χ0) is 12.8. The zero-order valence-corrected chi connectivity index (χ0v) is 13.4. The third-order valence-corrected chi connectivity index (χ3v) is 3.54. The smallest absolute Gasteiger partial charge is 0.128 e. The molecule has 0 spiro atoms. The van der Waals surface area contributed by atoms with Gasteiger partial charge in [0.25, 0.3) is 0 Å². The summed E-state index contributed by atoms with van der Waals surface area (Å²) in [5.74, 6) is 0.941. The highest BCUT2D eigenvalue weighted by Gasteiger charge is 2.23. The van der Waals surface area contributed by atoms with Crippen LogP contribution >= 0.6 is 34.2 Å². The lowest BCUT2D eigenvalue weighted by atomic mass is 10.1. The van der Waals surface area contributed by atoms with Gasteiger partial charge < -0.3 is 4.57 Å². The summed E-state index contributed by atoms with van der Waals surface area (Å²) < 4.78 is 3.43. The van der Waals surface area contributed by atoms with E-state index in [1.54, 1.807) is 0 Å². The van der Waals surface area contributed by atoms with Gasteiger partial charge >= 0.3 is 0 Å². The van der Waals surface area contributed by atoms with Crippen LogP contribution in [0.2, 0.25) is 0 Å². The van der Waals surface area contributed by atoms with Crippen LogP contribution in [-0.4, -0.2) is 9.55 Å². The fraction of sp³-hybridized carbons (Fsp3) is 0.462. The van der Waals surface area contributed by atoms with Crippen molar-refractivity contribution in [2.24, 2.45) is 0 Å². The first kappa shape index (κ1) is 13.1. The second-order valence-electron chi connectivity index (χ2n) is 5.23. The summed E-state index contributed by atoms with van der Waals surface area (Å²) in [6.07, 6.45) is 0. The number of imidazole rings is 1. The lowest BCUT2D eigenvalue weighted by Crippen LogP contribution is -2.24. The Labute approximate surface area is 121 Å². The molecule has 2 aromatic rings. The molecular formula is C13H16ClIN2. The molecule has 0 saturated heterocycles. The number of fused-ring (bicyclic) bond motifs is 1. The largest absolute Gasteiger partial charge is 0.321 e. The van der Waals surface area contributed by atoms with Crippen molar-refractivity contribution in [3.05, 3.63) is 27.6 Å². The molecule has 2 nitrogen and oxygen atoms in total. The maximum atomic E-state index is 6.24. The Morgan fingerprint density at radius 1 is 1.35 bits per heavy atom. The molecule has 0 aliphatic rings. The maximum Gasteiger partial charge on any atom is 0.128 e. The van der Waals surface area contributed by atoms with Crippen molar-refractivity contribution >= 4 is 45.2 Å². The molecule has 1 aromatic carbocycles. The van der Waals surface area contributed by atoms with Crippen LogP contribution in [0.4, 0.5) is 0 Å². The minimum Gasteiger partial charge on any atom is -0.321 e. The van der Waals surface area contributed by atoms with Crippen molar-refractivity contribution in [2.75, 3.05) is 0 Å². The van der Waals surface area contributed by atoms with Gasteiger partial charge in [0.1, 0.15) is 5.82 Å². The van der Waals surface area contributed by atoms with Gasteiger partial charge in [0.15, 0.2) is 0 Å². The third-order valence-electron chi connectivity index (χ3n) is 2.67. The van der Waals surface area contributed by atoms with Gasteiger partial charge in [-0.1, -0.05) is 0 Å². The van der Waals surface area contributed by atoms with Crippen molar-refractivity contribution in [3.8, 4) is 0 Å². The number of halogens is 2. The Morgan fingerprint density at radius 2 is 2.00 bits per heavy atom. The van der Waals surface area contributed by atoms with Crippen LogP contribution in [0.25, 0.3) is 11.0 Å². The molecule has 1 heterocycles. The van der Waals surface area contributed by atoms with E-state index in [0.29, 0.717) is 0 Å². The highest BCUT2D eigenvalue weighted by Crippen LogP contribution is 2.31. The van der Waals surface area contributed by atoms with Gasteiger partial charge in [0.2, 0.25) is 0 Å². The molecule has 1 aromatic heterocycles. The SMILES string of the molecule is CC(Cl)c1nc2cc(I)ccc2n1C(C)(C)C. The van der Waals surface area contributed by atoms with E-state index in [0.717, 1.165) is 16.9 Å². The molecule has 0 fully saturated rings. The summed E-state index contributed by atoms with van der Waals surface area (Å²) in [5, 5.41) is -0.0840. The van der Waals surface area contributed by atoms with Gasteiger partial charge in [0, 0.05) is 9.11 Å². The van der Waals surface area contributed by atoms with Crippen LogP contribution in [0.5, 0.6) is 0 Å². The molecule has 0 radical (unpaired) electrons. The lowest BCUT2D eigenvalue weighted by Gasteiger charge is -2.25. The second kappa shape index (κ2) is 4.43. The summed E-state index contributed by atoms with van der Waals surface area (Å²) >= 11 is 8.55. The zero-order valence-electron chi connectivity index (χ0n) is 10.5. The molecule has 0 amide bonds. The van der Waals surface area contributed by atoms with E-state index in [-0.39, 0.29) is 10.9 Å². The summed E-state index contributed by atoms with van der Waals surface area (Å²) in [4.78, 5) is 4.67. The van der Waals surface area contributed by atoms with Crippen molar-refractivity contribution in [1.29, 1.82) is 0 Å². The molecule has 1 unspecified atom stereocenters. The molecule has 4 heteroatoms. The number of hydrogen-bond donors (Lipinski definition) is 0. The quantitative estimate of drug-likeness (QED) is 0.531. The average molecular weight is 363 g/mol. The van der Waals surface area contributed by atoms with Crippen molar-refractivity contribution in [1.82, 2.24) is 9.55 Å². The van der Waals surface area contributed by atoms with E-state index >= 15 is 0 Å². The molecule has 2 rings (SSSR count). The van der Waals surface area contributed by atoms with E-state index in [4.69, 9.17) is 11.6 Å². The number of alkyl halides is 1. The normalized spacial score (nSPS) is 14.2. The maximum absolute atomic E-state index is 6.24. The number of aromatic nitrogens is 2. The lowest BCUT2D eigenvalue weighted by molar-refractivity contribution is 0.394. The molecule has 0 aliphatic carbocycles. The molecule has 17 heavy (non-hydrogen) atoms. The van der Waals surface area contributed by atoms with Crippen LogP contribution in [-0.2, 0) is 5.54 Å². The first-order valence-corrected chi connectivity index (χ1v) is 7.14. The van der Waals surface area contributed by atoms with E-state index in [1.165, 1.54) is 3.57 Å². The molecule has 0 bridgehead atoms. The van der Waals surface area contributed by atoms with E-state index in [9.17, 15) is 0 Å². The number of hydrogen-bond acceptors (Lipinski definition) is 1. The summed E-state index contributed by atoms with van der Waals surface area (Å²) in [5.41, 5.74) is 2.16. The fourth-order valence-corrected chi connectivity index (χ4v) is 2.67. The van der Waals surface area contributed by atoms with Crippen LogP contribution in [0.3, 0.4) is 0 Å². The van der Waals surface area contributed by atoms with Crippen LogP contribution < -0.4 is 0 Å². The first-order valence-electron chi connectivity index (χ1n) is 5.63. The molecule has 92 valence electrons. The van der Waals surface area contributed by atoms with Gasteiger partial charge in [-0.25, -0.2) is 4.98 Å². The standard InChI is InChI=1S/C13H16ClIN2/c1-8(14)12-16-10-7-9(15)5-6-11(10)17(12)13(2,3)4/h5-8H,1-4H3. The Balaban J connectivity index is 2.81. The van der Waals surface area contributed by atoms with Crippen molar-refractivity contribution in [2.45, 2.75) is 38.6 Å². The van der Waals surface area contributed by atoms with Gasteiger partial charge in [-0.05, 0) is 68.5 Å². The fourth-order valence-electron chi connectivity index (χ4n) is 2.04. The third kappa shape index (κ3) is 2.45. The van der Waals surface area contributed by atoms with Crippen LogP contribution in [0.15, 0.2) is 18.2 Å². The minimum absolute atomic E-state index is 0.0139. The first-order chi connectivity index (χ1) is 7.80. The van der Waals surface area contributed by atoms with E-state index in [2.05, 4.69) is 71.1 Å². The molecule has 0 aliphatic heterocycles. The van der Waals surface area contributed by atoms with Gasteiger partial charge in [-0.3, -0.25) is 0 Å². The predicted octanol–water partition coefficient (Wildman–Crippen LogP) is 4.70. The Kier molecular flexibility index (Phi) is 3.42. The van der Waals surface area contributed by atoms with Crippen molar-refractivity contribution < 1.29 is 0 Å². The molecule has 1 atom stereocenters. The minimum atomic E-state index is -0.0840. The number of rotatable bonds is 1. The monoisotopic (exact) mass is 362 g/mol. The molecule has 0 saturated carbocycles. The van der Waals surface area contributed by atoms with E-state index in [1.807, 2.05) is 6.92 Å². The Morgan fingerprint density at radius 3 is 2.53 bits per heavy atom. The van der Waals surface area contributed by atoms with Gasteiger partial charge in [-0.2, -0.15) is 0 Å². The van der Waals surface area contributed by atoms with E-state index < -0.39 is 0 Å². The summed E-state index contributed by atoms with van der Waals surface area (Å²) in [6, 6.07) is 6.33. The molecule has 0 N–H and O–H groups in total. The Bertz CT molecular complexity index is 552. The van der Waals surface area contributed by atoms with Gasteiger partial charge in [-0.15, -0.1) is 11.6 Å². The number of benzene rings is 1. The van der Waals surface area contributed by atoms with Crippen molar-refractivity contribution in [3.63, 3.8) is 0 Å². The summed E-state index contributed by atoms with van der Waals surface area (Å²) in [7, 11) is 0.